The van der Waals surface area contributed by atoms with E-state index in [0.717, 1.165) is 16.2 Å². The van der Waals surface area contributed by atoms with Crippen LogP contribution in [0, 0.1) is 5.82 Å². The second-order valence-corrected chi connectivity index (χ2v) is 6.42. The minimum absolute atomic E-state index is 0.203. The van der Waals surface area contributed by atoms with Crippen molar-refractivity contribution in [2.75, 3.05) is 43.4 Å². The highest BCUT2D eigenvalue weighted by Crippen LogP contribution is 2.36. The molecule has 0 spiro atoms. The molecular formula is C16H15BrFN5O3. The summed E-state index contributed by atoms with van der Waals surface area (Å²) in [6.45, 7) is 2.46. The number of morpholine rings is 1. The van der Waals surface area contributed by atoms with Crippen LogP contribution in [-0.2, 0) is 4.74 Å². The van der Waals surface area contributed by atoms with Crippen LogP contribution >= 0.6 is 15.9 Å². The van der Waals surface area contributed by atoms with Gasteiger partial charge in [-0.2, -0.15) is 10.1 Å². The standard InChI is InChI=1S/C16H15BrFN5O3/c17-11-6-14-13(25-9-26-14)5-10(11)7-20-22-16-19-8-12(18)15(21-16)23-1-3-24-4-2-23/h5-8H,1-4,9H2,(H,19,21,22)/b20-7-. The predicted octanol–water partition coefficient (Wildman–Crippen LogP) is 2.39. The third-order valence-electron chi connectivity index (χ3n) is 3.90. The summed E-state index contributed by atoms with van der Waals surface area (Å²) in [4.78, 5) is 9.95. The Morgan fingerprint density at radius 3 is 2.81 bits per heavy atom. The van der Waals surface area contributed by atoms with Crippen molar-refractivity contribution in [3.63, 3.8) is 0 Å². The first-order chi connectivity index (χ1) is 12.7. The third-order valence-corrected chi connectivity index (χ3v) is 4.58. The molecule has 0 atom stereocenters. The van der Waals surface area contributed by atoms with E-state index in [2.05, 4.69) is 36.4 Å². The van der Waals surface area contributed by atoms with Crippen molar-refractivity contribution in [3.05, 3.63) is 34.2 Å². The maximum atomic E-state index is 14.0. The Morgan fingerprint density at radius 1 is 1.23 bits per heavy atom. The van der Waals surface area contributed by atoms with Gasteiger partial charge in [0.2, 0.25) is 12.7 Å². The Kier molecular flexibility index (Phi) is 4.85. The van der Waals surface area contributed by atoms with E-state index < -0.39 is 5.82 Å². The molecule has 0 unspecified atom stereocenters. The van der Waals surface area contributed by atoms with Gasteiger partial charge in [-0.05, 0) is 28.1 Å². The lowest BCUT2D eigenvalue weighted by atomic mass is 10.2. The molecule has 0 saturated carbocycles. The van der Waals surface area contributed by atoms with Crippen LogP contribution < -0.4 is 19.8 Å². The summed E-state index contributed by atoms with van der Waals surface area (Å²) in [5.74, 6) is 1.31. The molecule has 136 valence electrons. The van der Waals surface area contributed by atoms with E-state index in [1.54, 1.807) is 6.21 Å². The minimum Gasteiger partial charge on any atom is -0.454 e. The number of hydrogen-bond acceptors (Lipinski definition) is 8. The molecule has 2 aliphatic heterocycles. The number of hydrogen-bond donors (Lipinski definition) is 1. The van der Waals surface area contributed by atoms with Crippen molar-refractivity contribution < 1.29 is 18.6 Å². The molecule has 0 radical (unpaired) electrons. The van der Waals surface area contributed by atoms with Gasteiger partial charge in [0.25, 0.3) is 0 Å². The number of aromatic nitrogens is 2. The summed E-state index contributed by atoms with van der Waals surface area (Å²) in [5.41, 5.74) is 3.51. The summed E-state index contributed by atoms with van der Waals surface area (Å²) in [6, 6.07) is 3.62. The van der Waals surface area contributed by atoms with Gasteiger partial charge in [-0.15, -0.1) is 0 Å². The average molecular weight is 424 g/mol. The quantitative estimate of drug-likeness (QED) is 0.597. The van der Waals surface area contributed by atoms with Crippen molar-refractivity contribution in [2.24, 2.45) is 5.10 Å². The molecule has 0 bridgehead atoms. The number of anilines is 2. The van der Waals surface area contributed by atoms with Gasteiger partial charge in [-0.25, -0.2) is 14.8 Å². The van der Waals surface area contributed by atoms with Gasteiger partial charge in [-0.1, -0.05) is 0 Å². The zero-order valence-electron chi connectivity index (χ0n) is 13.6. The Bertz CT molecular complexity index is 845. The molecule has 26 heavy (non-hydrogen) atoms. The summed E-state index contributed by atoms with van der Waals surface area (Å²) >= 11 is 3.46. The molecule has 1 fully saturated rings. The number of ether oxygens (including phenoxy) is 3. The second kappa shape index (κ2) is 7.42. The largest absolute Gasteiger partial charge is 0.454 e. The number of nitrogens with zero attached hydrogens (tertiary/aromatic N) is 4. The number of nitrogens with one attached hydrogen (secondary N) is 1. The van der Waals surface area contributed by atoms with Crippen LogP contribution in [0.25, 0.3) is 0 Å². The molecule has 3 heterocycles. The van der Waals surface area contributed by atoms with Gasteiger partial charge in [0.1, 0.15) is 0 Å². The van der Waals surface area contributed by atoms with Crippen LogP contribution in [0.5, 0.6) is 11.5 Å². The predicted molar refractivity (Wildman–Crippen MR) is 96.5 cm³/mol. The summed E-state index contributed by atoms with van der Waals surface area (Å²) < 4.78 is 30.8. The van der Waals surface area contributed by atoms with Crippen molar-refractivity contribution in [2.45, 2.75) is 0 Å². The van der Waals surface area contributed by atoms with Crippen LogP contribution in [0.2, 0.25) is 0 Å². The molecule has 8 nitrogen and oxygen atoms in total. The van der Waals surface area contributed by atoms with Crippen molar-refractivity contribution in [1.29, 1.82) is 0 Å². The lowest BCUT2D eigenvalue weighted by Gasteiger charge is -2.27. The number of benzene rings is 1. The van der Waals surface area contributed by atoms with Gasteiger partial charge in [0.05, 0.1) is 25.6 Å². The molecule has 4 rings (SSSR count). The lowest BCUT2D eigenvalue weighted by Crippen LogP contribution is -2.37. The minimum atomic E-state index is -0.472. The fourth-order valence-corrected chi connectivity index (χ4v) is 3.03. The molecule has 1 aromatic carbocycles. The highest BCUT2D eigenvalue weighted by molar-refractivity contribution is 9.10. The Balaban J connectivity index is 1.48. The SMILES string of the molecule is Fc1cnc(N/N=C\c2cc3c(cc2Br)OCO3)nc1N1CCOCC1. The van der Waals surface area contributed by atoms with Crippen LogP contribution in [0.3, 0.4) is 0 Å². The maximum Gasteiger partial charge on any atom is 0.245 e. The van der Waals surface area contributed by atoms with E-state index in [4.69, 9.17) is 14.2 Å². The van der Waals surface area contributed by atoms with Crippen LogP contribution in [0.1, 0.15) is 5.56 Å². The van der Waals surface area contributed by atoms with Crippen LogP contribution in [-0.4, -0.2) is 49.3 Å². The Labute approximate surface area is 157 Å². The smallest absolute Gasteiger partial charge is 0.245 e. The number of fused-ring (bicyclic) bond motifs is 1. The van der Waals surface area contributed by atoms with Crippen molar-refractivity contribution in [1.82, 2.24) is 9.97 Å². The van der Waals surface area contributed by atoms with Crippen LogP contribution in [0.15, 0.2) is 27.9 Å². The zero-order valence-corrected chi connectivity index (χ0v) is 15.2. The fourth-order valence-electron chi connectivity index (χ4n) is 2.60. The van der Waals surface area contributed by atoms with Gasteiger partial charge >= 0.3 is 0 Å². The number of halogens is 2. The molecule has 1 saturated heterocycles. The molecule has 2 aromatic rings. The third kappa shape index (κ3) is 3.56. The first-order valence-corrected chi connectivity index (χ1v) is 8.73. The van der Waals surface area contributed by atoms with E-state index in [-0.39, 0.29) is 18.6 Å². The van der Waals surface area contributed by atoms with Crippen molar-refractivity contribution in [3.8, 4) is 11.5 Å². The molecule has 0 aliphatic carbocycles. The monoisotopic (exact) mass is 423 g/mol. The lowest BCUT2D eigenvalue weighted by molar-refractivity contribution is 0.122. The summed E-state index contributed by atoms with van der Waals surface area (Å²) in [5, 5.41) is 4.12. The highest BCUT2D eigenvalue weighted by Gasteiger charge is 2.18. The second-order valence-electron chi connectivity index (χ2n) is 5.56. The Morgan fingerprint density at radius 2 is 2.00 bits per heavy atom. The molecular weight excluding hydrogens is 409 g/mol. The zero-order chi connectivity index (χ0) is 17.9. The maximum absolute atomic E-state index is 14.0. The number of hydrazone groups is 1. The van der Waals surface area contributed by atoms with Gasteiger partial charge < -0.3 is 19.1 Å². The van der Waals surface area contributed by atoms with E-state index in [0.29, 0.717) is 37.8 Å². The topological polar surface area (TPSA) is 81.1 Å². The van der Waals surface area contributed by atoms with Crippen LogP contribution in [0.4, 0.5) is 16.2 Å². The number of rotatable bonds is 4. The average Bonchev–Trinajstić information content (AvgIpc) is 3.11. The highest BCUT2D eigenvalue weighted by atomic mass is 79.9. The van der Waals surface area contributed by atoms with E-state index in [9.17, 15) is 4.39 Å². The normalized spacial score (nSPS) is 16.3. The summed E-state index contributed by atoms with van der Waals surface area (Å²) in [6.07, 6.45) is 2.72. The van der Waals surface area contributed by atoms with Crippen molar-refractivity contribution >= 4 is 33.9 Å². The Hall–Kier alpha value is -2.46. The van der Waals surface area contributed by atoms with Gasteiger partial charge in [0, 0.05) is 23.1 Å². The molecule has 1 aromatic heterocycles. The van der Waals surface area contributed by atoms with Gasteiger partial charge in [0.15, 0.2) is 23.1 Å². The molecule has 0 amide bonds. The molecule has 1 N–H and O–H groups in total. The first-order valence-electron chi connectivity index (χ1n) is 7.94. The van der Waals surface area contributed by atoms with E-state index in [1.165, 1.54) is 0 Å². The van der Waals surface area contributed by atoms with E-state index in [1.807, 2.05) is 17.0 Å². The molecule has 2 aliphatic rings. The first kappa shape index (κ1) is 17.0. The summed E-state index contributed by atoms with van der Waals surface area (Å²) in [7, 11) is 0. The molecule has 10 heteroatoms. The van der Waals surface area contributed by atoms with E-state index >= 15 is 0 Å². The fraction of sp³-hybridized carbons (Fsp3) is 0.312. The van der Waals surface area contributed by atoms with Gasteiger partial charge in [-0.3, -0.25) is 0 Å².